The Labute approximate surface area is 103 Å². The molecule has 17 heavy (non-hydrogen) atoms. The first-order valence-electron chi connectivity index (χ1n) is 6.38. The van der Waals surface area contributed by atoms with E-state index in [9.17, 15) is 4.39 Å². The summed E-state index contributed by atoms with van der Waals surface area (Å²) in [6, 6.07) is 5.43. The number of nitrogens with two attached hydrogens (primary N) is 1. The van der Waals surface area contributed by atoms with E-state index in [4.69, 9.17) is 5.73 Å². The Bertz CT molecular complexity index is 413. The highest BCUT2D eigenvalue weighted by atomic mass is 19.1. The standard InChI is InChI=1S/C15H22FN/c1-11-4-5-12(10-13(11)16)15(17)8-6-14(2,3)7-9-15/h4-5,10H,6-9,17H2,1-3H3. The van der Waals surface area contributed by atoms with Gasteiger partial charge >= 0.3 is 0 Å². The molecular weight excluding hydrogens is 213 g/mol. The van der Waals surface area contributed by atoms with E-state index in [1.54, 1.807) is 13.0 Å². The van der Waals surface area contributed by atoms with Crippen LogP contribution in [-0.2, 0) is 5.54 Å². The van der Waals surface area contributed by atoms with Crippen LogP contribution >= 0.6 is 0 Å². The molecule has 2 heteroatoms. The monoisotopic (exact) mass is 235 g/mol. The minimum atomic E-state index is -0.329. The molecule has 0 bridgehead atoms. The Morgan fingerprint density at radius 2 is 1.71 bits per heavy atom. The lowest BCUT2D eigenvalue weighted by atomic mass is 9.67. The van der Waals surface area contributed by atoms with Crippen molar-refractivity contribution in [3.63, 3.8) is 0 Å². The first-order chi connectivity index (χ1) is 7.82. The number of benzene rings is 1. The fourth-order valence-corrected chi connectivity index (χ4v) is 2.56. The molecule has 1 nitrogen and oxygen atoms in total. The highest BCUT2D eigenvalue weighted by Gasteiger charge is 2.36. The van der Waals surface area contributed by atoms with Gasteiger partial charge in [0.2, 0.25) is 0 Å². The zero-order chi connectivity index (χ0) is 12.7. The van der Waals surface area contributed by atoms with Gasteiger partial charge < -0.3 is 5.73 Å². The van der Waals surface area contributed by atoms with Gasteiger partial charge in [-0.3, -0.25) is 0 Å². The summed E-state index contributed by atoms with van der Waals surface area (Å²) < 4.78 is 13.6. The van der Waals surface area contributed by atoms with Crippen molar-refractivity contribution < 1.29 is 4.39 Å². The molecule has 2 rings (SSSR count). The number of aryl methyl sites for hydroxylation is 1. The van der Waals surface area contributed by atoms with Gasteiger partial charge in [0.15, 0.2) is 0 Å². The minimum absolute atomic E-state index is 0.142. The van der Waals surface area contributed by atoms with Gasteiger partial charge in [-0.25, -0.2) is 4.39 Å². The maximum Gasteiger partial charge on any atom is 0.126 e. The van der Waals surface area contributed by atoms with Crippen molar-refractivity contribution in [3.8, 4) is 0 Å². The van der Waals surface area contributed by atoms with Crippen molar-refractivity contribution in [2.24, 2.45) is 11.1 Å². The summed E-state index contributed by atoms with van der Waals surface area (Å²) in [5.41, 5.74) is 8.15. The molecule has 1 fully saturated rings. The molecule has 0 saturated heterocycles. The van der Waals surface area contributed by atoms with Crippen molar-refractivity contribution in [2.75, 3.05) is 0 Å². The average Bonchev–Trinajstić information content (AvgIpc) is 2.27. The maximum absolute atomic E-state index is 13.6. The molecule has 0 amide bonds. The van der Waals surface area contributed by atoms with Crippen molar-refractivity contribution in [2.45, 2.75) is 52.0 Å². The van der Waals surface area contributed by atoms with Gasteiger partial charge in [0, 0.05) is 5.54 Å². The number of hydrogen-bond donors (Lipinski definition) is 1. The van der Waals surface area contributed by atoms with E-state index in [1.807, 2.05) is 12.1 Å². The number of halogens is 1. The Morgan fingerprint density at radius 1 is 1.12 bits per heavy atom. The van der Waals surface area contributed by atoms with Crippen LogP contribution in [0.2, 0.25) is 0 Å². The van der Waals surface area contributed by atoms with E-state index in [0.717, 1.165) is 31.2 Å². The molecule has 0 spiro atoms. The second kappa shape index (κ2) is 4.09. The molecule has 94 valence electrons. The molecule has 1 aromatic carbocycles. The average molecular weight is 235 g/mol. The molecule has 0 radical (unpaired) electrons. The Morgan fingerprint density at radius 3 is 2.24 bits per heavy atom. The van der Waals surface area contributed by atoms with E-state index in [-0.39, 0.29) is 11.4 Å². The predicted octanol–water partition coefficient (Wildman–Crippen LogP) is 3.89. The van der Waals surface area contributed by atoms with Gasteiger partial charge in [-0.2, -0.15) is 0 Å². The Balaban J connectivity index is 2.24. The fourth-order valence-electron chi connectivity index (χ4n) is 2.56. The molecular formula is C15H22FN. The lowest BCUT2D eigenvalue weighted by molar-refractivity contribution is 0.165. The summed E-state index contributed by atoms with van der Waals surface area (Å²) in [6.45, 7) is 6.34. The highest BCUT2D eigenvalue weighted by Crippen LogP contribution is 2.43. The van der Waals surface area contributed by atoms with Crippen LogP contribution < -0.4 is 5.73 Å². The van der Waals surface area contributed by atoms with Gasteiger partial charge in [0.25, 0.3) is 0 Å². The largest absolute Gasteiger partial charge is 0.321 e. The van der Waals surface area contributed by atoms with Gasteiger partial charge in [-0.05, 0) is 55.2 Å². The SMILES string of the molecule is Cc1ccc(C2(N)CCC(C)(C)CC2)cc1F. The molecule has 0 unspecified atom stereocenters. The van der Waals surface area contributed by atoms with E-state index in [0.29, 0.717) is 11.0 Å². The van der Waals surface area contributed by atoms with Gasteiger partial charge in [-0.1, -0.05) is 26.0 Å². The number of rotatable bonds is 1. The van der Waals surface area contributed by atoms with Crippen LogP contribution in [0.15, 0.2) is 18.2 Å². The third kappa shape index (κ3) is 2.52. The van der Waals surface area contributed by atoms with E-state index < -0.39 is 0 Å². The summed E-state index contributed by atoms with van der Waals surface area (Å²) >= 11 is 0. The normalized spacial score (nSPS) is 22.4. The van der Waals surface area contributed by atoms with Crippen molar-refractivity contribution >= 4 is 0 Å². The molecule has 1 saturated carbocycles. The molecule has 0 atom stereocenters. The molecule has 0 aromatic heterocycles. The second-order valence-corrected chi connectivity index (χ2v) is 6.28. The summed E-state index contributed by atoms with van der Waals surface area (Å²) in [5, 5.41) is 0. The smallest absolute Gasteiger partial charge is 0.126 e. The van der Waals surface area contributed by atoms with Crippen LogP contribution in [0.1, 0.15) is 50.7 Å². The van der Waals surface area contributed by atoms with E-state index in [2.05, 4.69) is 13.8 Å². The molecule has 0 aliphatic heterocycles. The van der Waals surface area contributed by atoms with Gasteiger partial charge in [-0.15, -0.1) is 0 Å². The van der Waals surface area contributed by atoms with Crippen molar-refractivity contribution in [1.29, 1.82) is 0 Å². The van der Waals surface area contributed by atoms with Crippen LogP contribution in [-0.4, -0.2) is 0 Å². The molecule has 0 heterocycles. The first-order valence-corrected chi connectivity index (χ1v) is 6.38. The minimum Gasteiger partial charge on any atom is -0.321 e. The predicted molar refractivity (Wildman–Crippen MR) is 69.3 cm³/mol. The zero-order valence-electron chi connectivity index (χ0n) is 11.0. The third-order valence-corrected chi connectivity index (χ3v) is 4.24. The van der Waals surface area contributed by atoms with Crippen LogP contribution in [0.25, 0.3) is 0 Å². The Hall–Kier alpha value is -0.890. The maximum atomic E-state index is 13.6. The summed E-state index contributed by atoms with van der Waals surface area (Å²) in [6.07, 6.45) is 4.11. The quantitative estimate of drug-likeness (QED) is 0.785. The van der Waals surface area contributed by atoms with E-state index >= 15 is 0 Å². The third-order valence-electron chi connectivity index (χ3n) is 4.24. The van der Waals surface area contributed by atoms with Crippen molar-refractivity contribution in [1.82, 2.24) is 0 Å². The van der Waals surface area contributed by atoms with Gasteiger partial charge in [0.1, 0.15) is 5.82 Å². The lowest BCUT2D eigenvalue weighted by Crippen LogP contribution is -2.42. The van der Waals surface area contributed by atoms with Crippen LogP contribution in [0.5, 0.6) is 0 Å². The summed E-state index contributed by atoms with van der Waals surface area (Å²) in [4.78, 5) is 0. The van der Waals surface area contributed by atoms with Crippen LogP contribution in [0.3, 0.4) is 0 Å². The van der Waals surface area contributed by atoms with Gasteiger partial charge in [0.05, 0.1) is 0 Å². The summed E-state index contributed by atoms with van der Waals surface area (Å²) in [5.74, 6) is -0.142. The van der Waals surface area contributed by atoms with Crippen LogP contribution in [0, 0.1) is 18.2 Å². The second-order valence-electron chi connectivity index (χ2n) is 6.28. The molecule has 1 aliphatic rings. The molecule has 2 N–H and O–H groups in total. The number of hydrogen-bond acceptors (Lipinski definition) is 1. The first kappa shape index (κ1) is 12.6. The van der Waals surface area contributed by atoms with Crippen molar-refractivity contribution in [3.05, 3.63) is 35.1 Å². The topological polar surface area (TPSA) is 26.0 Å². The molecule has 1 aliphatic carbocycles. The Kier molecular flexibility index (Phi) is 3.03. The van der Waals surface area contributed by atoms with Crippen LogP contribution in [0.4, 0.5) is 4.39 Å². The summed E-state index contributed by atoms with van der Waals surface area (Å²) in [7, 11) is 0. The fraction of sp³-hybridized carbons (Fsp3) is 0.600. The highest BCUT2D eigenvalue weighted by molar-refractivity contribution is 5.29. The van der Waals surface area contributed by atoms with E-state index in [1.165, 1.54) is 0 Å². The zero-order valence-corrected chi connectivity index (χ0v) is 11.0. The lowest BCUT2D eigenvalue weighted by Gasteiger charge is -2.41. The molecule has 1 aromatic rings.